The van der Waals surface area contributed by atoms with E-state index < -0.39 is 5.97 Å². The van der Waals surface area contributed by atoms with Crippen molar-refractivity contribution in [2.75, 3.05) is 13.1 Å². The fourth-order valence-electron chi connectivity index (χ4n) is 3.66. The minimum atomic E-state index is -0.868. The molecule has 1 atom stereocenters. The van der Waals surface area contributed by atoms with Gasteiger partial charge in [0, 0.05) is 11.6 Å². The smallest absolute Gasteiger partial charge is 0.335 e. The fraction of sp³-hybridized carbons (Fsp3) is 0.350. The average molecular weight is 327 g/mol. The molecule has 0 amide bonds. The summed E-state index contributed by atoms with van der Waals surface area (Å²) in [4.78, 5) is 13.7. The largest absolute Gasteiger partial charge is 0.478 e. The minimum absolute atomic E-state index is 0.0295. The van der Waals surface area contributed by atoms with Crippen LogP contribution >= 0.6 is 0 Å². The van der Waals surface area contributed by atoms with Gasteiger partial charge in [-0.15, -0.1) is 0 Å². The van der Waals surface area contributed by atoms with E-state index >= 15 is 0 Å². The van der Waals surface area contributed by atoms with E-state index in [4.69, 9.17) is 0 Å². The lowest BCUT2D eigenvalue weighted by Gasteiger charge is -2.36. The second-order valence-corrected chi connectivity index (χ2v) is 6.40. The zero-order chi connectivity index (χ0) is 17.1. The molecule has 3 rings (SSSR count). The number of aromatic carboxylic acids is 1. The van der Waals surface area contributed by atoms with Crippen LogP contribution in [0.5, 0.6) is 0 Å². The van der Waals surface area contributed by atoms with Crippen molar-refractivity contribution in [1.82, 2.24) is 4.90 Å². The third kappa shape index (κ3) is 3.34. The molecule has 0 saturated carbocycles. The maximum Gasteiger partial charge on any atom is 0.335 e. The number of hydrogen-bond acceptors (Lipinski definition) is 2. The standard InChI is InChI=1S/C20H22FNO2/c1-14(16-6-4-5-9-19(16)21)22-12-10-15(11-13-22)17-7-2-3-8-18(17)20(23)24/h2-9,14-15H,10-13H2,1H3,(H,23,24). The van der Waals surface area contributed by atoms with Gasteiger partial charge in [0.25, 0.3) is 0 Å². The van der Waals surface area contributed by atoms with E-state index in [1.807, 2.05) is 31.2 Å². The number of halogens is 1. The predicted molar refractivity (Wildman–Crippen MR) is 91.8 cm³/mol. The van der Waals surface area contributed by atoms with Crippen LogP contribution in [0, 0.1) is 5.82 Å². The average Bonchev–Trinajstić information content (AvgIpc) is 2.62. The van der Waals surface area contributed by atoms with Gasteiger partial charge in [0.1, 0.15) is 5.82 Å². The number of carboxylic acids is 1. The topological polar surface area (TPSA) is 40.5 Å². The molecule has 0 spiro atoms. The molecule has 0 aromatic heterocycles. The Morgan fingerprint density at radius 2 is 1.75 bits per heavy atom. The van der Waals surface area contributed by atoms with Crippen LogP contribution in [0.25, 0.3) is 0 Å². The van der Waals surface area contributed by atoms with Gasteiger partial charge in [-0.3, -0.25) is 4.90 Å². The number of benzene rings is 2. The molecule has 1 N–H and O–H groups in total. The van der Waals surface area contributed by atoms with Crippen molar-refractivity contribution in [3.8, 4) is 0 Å². The Hall–Kier alpha value is -2.20. The normalized spacial score (nSPS) is 17.6. The molecule has 1 unspecified atom stereocenters. The first kappa shape index (κ1) is 16.7. The van der Waals surface area contributed by atoms with Crippen LogP contribution in [0.4, 0.5) is 4.39 Å². The highest BCUT2D eigenvalue weighted by Gasteiger charge is 2.27. The summed E-state index contributed by atoms with van der Waals surface area (Å²) in [6.07, 6.45) is 1.78. The molecule has 0 radical (unpaired) electrons. The number of carboxylic acid groups (broad SMARTS) is 1. The Morgan fingerprint density at radius 1 is 1.12 bits per heavy atom. The van der Waals surface area contributed by atoms with Crippen molar-refractivity contribution in [1.29, 1.82) is 0 Å². The summed E-state index contributed by atoms with van der Waals surface area (Å²) in [5.74, 6) is -0.780. The van der Waals surface area contributed by atoms with Crippen LogP contribution in [0.2, 0.25) is 0 Å². The molecule has 0 aliphatic carbocycles. The highest BCUT2D eigenvalue weighted by Crippen LogP contribution is 2.34. The van der Waals surface area contributed by atoms with E-state index in [1.54, 1.807) is 18.2 Å². The summed E-state index contributed by atoms with van der Waals surface area (Å²) in [7, 11) is 0. The van der Waals surface area contributed by atoms with Gasteiger partial charge in [0.05, 0.1) is 5.56 Å². The van der Waals surface area contributed by atoms with Gasteiger partial charge in [-0.25, -0.2) is 9.18 Å². The van der Waals surface area contributed by atoms with Crippen LogP contribution in [0.15, 0.2) is 48.5 Å². The van der Waals surface area contributed by atoms with Gasteiger partial charge < -0.3 is 5.11 Å². The number of likely N-dealkylation sites (tertiary alicyclic amines) is 1. The van der Waals surface area contributed by atoms with E-state index in [0.717, 1.165) is 37.1 Å². The number of piperidine rings is 1. The van der Waals surface area contributed by atoms with Crippen LogP contribution in [-0.2, 0) is 0 Å². The highest BCUT2D eigenvalue weighted by molar-refractivity contribution is 5.89. The van der Waals surface area contributed by atoms with Crippen LogP contribution in [0.3, 0.4) is 0 Å². The second-order valence-electron chi connectivity index (χ2n) is 6.40. The van der Waals surface area contributed by atoms with Gasteiger partial charge in [-0.1, -0.05) is 36.4 Å². The van der Waals surface area contributed by atoms with Gasteiger partial charge in [-0.05, 0) is 56.5 Å². The summed E-state index contributed by atoms with van der Waals surface area (Å²) in [5.41, 5.74) is 2.04. The molecule has 1 saturated heterocycles. The molecule has 0 bridgehead atoms. The molecule has 1 heterocycles. The summed E-state index contributed by atoms with van der Waals surface area (Å²) in [6, 6.07) is 14.2. The van der Waals surface area contributed by atoms with Crippen molar-refractivity contribution in [2.24, 2.45) is 0 Å². The highest BCUT2D eigenvalue weighted by atomic mass is 19.1. The van der Waals surface area contributed by atoms with E-state index in [-0.39, 0.29) is 17.8 Å². The summed E-state index contributed by atoms with van der Waals surface area (Å²) >= 11 is 0. The summed E-state index contributed by atoms with van der Waals surface area (Å²) in [6.45, 7) is 3.71. The zero-order valence-corrected chi connectivity index (χ0v) is 13.8. The Balaban J connectivity index is 1.70. The van der Waals surface area contributed by atoms with Crippen molar-refractivity contribution in [2.45, 2.75) is 31.7 Å². The molecule has 2 aromatic carbocycles. The zero-order valence-electron chi connectivity index (χ0n) is 13.8. The first-order chi connectivity index (χ1) is 11.6. The van der Waals surface area contributed by atoms with Gasteiger partial charge in [0.2, 0.25) is 0 Å². The molecular formula is C20H22FNO2. The molecule has 126 valence electrons. The first-order valence-corrected chi connectivity index (χ1v) is 8.38. The summed E-state index contributed by atoms with van der Waals surface area (Å²) < 4.78 is 14.0. The quantitative estimate of drug-likeness (QED) is 0.901. The third-order valence-corrected chi connectivity index (χ3v) is 5.06. The Kier molecular flexibility index (Phi) is 4.95. The molecule has 4 heteroatoms. The van der Waals surface area contributed by atoms with Crippen LogP contribution < -0.4 is 0 Å². The molecule has 24 heavy (non-hydrogen) atoms. The molecule has 1 aliphatic rings. The number of carbonyl (C=O) groups is 1. The van der Waals surface area contributed by atoms with Crippen LogP contribution in [-0.4, -0.2) is 29.1 Å². The Bertz CT molecular complexity index is 723. The van der Waals surface area contributed by atoms with Crippen molar-refractivity contribution < 1.29 is 14.3 Å². The van der Waals surface area contributed by atoms with Crippen molar-refractivity contribution in [3.05, 3.63) is 71.0 Å². The van der Waals surface area contributed by atoms with E-state index in [9.17, 15) is 14.3 Å². The maximum absolute atomic E-state index is 14.0. The second kappa shape index (κ2) is 7.14. The lowest BCUT2D eigenvalue weighted by atomic mass is 9.86. The number of rotatable bonds is 4. The fourth-order valence-corrected chi connectivity index (χ4v) is 3.66. The van der Waals surface area contributed by atoms with Crippen LogP contribution in [0.1, 0.15) is 53.2 Å². The molecule has 2 aromatic rings. The summed E-state index contributed by atoms with van der Waals surface area (Å²) in [5, 5.41) is 9.36. The first-order valence-electron chi connectivity index (χ1n) is 8.38. The van der Waals surface area contributed by atoms with E-state index in [0.29, 0.717) is 5.56 Å². The lowest BCUT2D eigenvalue weighted by Crippen LogP contribution is -2.35. The van der Waals surface area contributed by atoms with E-state index in [2.05, 4.69) is 4.90 Å². The van der Waals surface area contributed by atoms with E-state index in [1.165, 1.54) is 6.07 Å². The number of nitrogens with zero attached hydrogens (tertiary/aromatic N) is 1. The Morgan fingerprint density at radius 3 is 2.42 bits per heavy atom. The lowest BCUT2D eigenvalue weighted by molar-refractivity contribution is 0.0693. The van der Waals surface area contributed by atoms with Gasteiger partial charge in [0.15, 0.2) is 0 Å². The van der Waals surface area contributed by atoms with Gasteiger partial charge >= 0.3 is 5.97 Å². The van der Waals surface area contributed by atoms with Crippen molar-refractivity contribution >= 4 is 5.97 Å². The number of hydrogen-bond donors (Lipinski definition) is 1. The monoisotopic (exact) mass is 327 g/mol. The molecular weight excluding hydrogens is 305 g/mol. The minimum Gasteiger partial charge on any atom is -0.478 e. The SMILES string of the molecule is CC(c1ccccc1F)N1CCC(c2ccccc2C(=O)O)CC1. The van der Waals surface area contributed by atoms with Crippen molar-refractivity contribution in [3.63, 3.8) is 0 Å². The predicted octanol–water partition coefficient (Wildman–Crippen LogP) is 4.46. The Labute approximate surface area is 141 Å². The molecule has 3 nitrogen and oxygen atoms in total. The molecule has 1 aliphatic heterocycles. The molecule has 1 fully saturated rings. The van der Waals surface area contributed by atoms with Gasteiger partial charge in [-0.2, -0.15) is 0 Å². The maximum atomic E-state index is 14.0. The third-order valence-electron chi connectivity index (χ3n) is 5.06.